The Morgan fingerprint density at radius 1 is 0.906 bits per heavy atom. The molecule has 7 nitrogen and oxygen atoms in total. The molecule has 0 aliphatic heterocycles. The number of hydrogen-bond acceptors (Lipinski definition) is 5. The number of halogens is 1. The highest BCUT2D eigenvalue weighted by Gasteiger charge is 2.13. The van der Waals surface area contributed by atoms with Crippen LogP contribution in [-0.4, -0.2) is 40.4 Å². The first-order valence-corrected chi connectivity index (χ1v) is 10.5. The number of hydrogen-bond donors (Lipinski definition) is 2. The Morgan fingerprint density at radius 2 is 1.53 bits per heavy atom. The zero-order chi connectivity index (χ0) is 22.6. The second kappa shape index (κ2) is 14.7. The van der Waals surface area contributed by atoms with Gasteiger partial charge in [-0.3, -0.25) is 0 Å². The Bertz CT molecular complexity index is 817. The molecule has 0 saturated carbocycles. The second-order valence-corrected chi connectivity index (χ2v) is 7.43. The number of aliphatic imine (C=N–C) groups is 1. The molecule has 2 aromatic rings. The van der Waals surface area contributed by atoms with E-state index >= 15 is 0 Å². The number of ether oxygens (including phenoxy) is 4. The predicted octanol–water partition coefficient (Wildman–Crippen LogP) is 4.62. The van der Waals surface area contributed by atoms with Crippen LogP contribution in [0.3, 0.4) is 0 Å². The van der Waals surface area contributed by atoms with Crippen molar-refractivity contribution in [2.45, 2.75) is 33.9 Å². The maximum atomic E-state index is 5.74. The van der Waals surface area contributed by atoms with Gasteiger partial charge < -0.3 is 29.6 Å². The number of methoxy groups -OCH3 is 3. The van der Waals surface area contributed by atoms with Crippen LogP contribution < -0.4 is 29.6 Å². The average Bonchev–Trinajstić information content (AvgIpc) is 2.79. The summed E-state index contributed by atoms with van der Waals surface area (Å²) < 4.78 is 22.0. The Morgan fingerprint density at radius 3 is 2.03 bits per heavy atom. The largest absolute Gasteiger partial charge is 0.493 e. The number of nitrogens with zero attached hydrogens (tertiary/aromatic N) is 1. The van der Waals surface area contributed by atoms with Gasteiger partial charge in [0, 0.05) is 13.1 Å². The standard InChI is InChI=1S/C24H35N3O4.HI/c1-7-25-24(26-14-18-8-10-20(11-9-18)31-16-17(2)3)27-15-19-12-21(28-4)23(30-6)22(13-19)29-5;/h8-13,17H,7,14-16H2,1-6H3,(H2,25,26,27);1H. The topological polar surface area (TPSA) is 73.3 Å². The van der Waals surface area contributed by atoms with Gasteiger partial charge in [0.2, 0.25) is 5.75 Å². The van der Waals surface area contributed by atoms with Crippen LogP contribution in [0.1, 0.15) is 31.9 Å². The summed E-state index contributed by atoms with van der Waals surface area (Å²) in [6.07, 6.45) is 0. The highest BCUT2D eigenvalue weighted by molar-refractivity contribution is 14.0. The van der Waals surface area contributed by atoms with Gasteiger partial charge in [-0.25, -0.2) is 4.99 Å². The van der Waals surface area contributed by atoms with Gasteiger partial charge in [-0.15, -0.1) is 24.0 Å². The summed E-state index contributed by atoms with van der Waals surface area (Å²) in [6, 6.07) is 11.9. The van der Waals surface area contributed by atoms with Gasteiger partial charge in [-0.05, 0) is 48.2 Å². The molecule has 178 valence electrons. The maximum Gasteiger partial charge on any atom is 0.203 e. The minimum atomic E-state index is 0. The van der Waals surface area contributed by atoms with Gasteiger partial charge in [-0.2, -0.15) is 0 Å². The Balaban J connectivity index is 0.00000512. The number of guanidine groups is 1. The van der Waals surface area contributed by atoms with Crippen molar-refractivity contribution in [2.24, 2.45) is 10.9 Å². The smallest absolute Gasteiger partial charge is 0.203 e. The average molecular weight is 557 g/mol. The van der Waals surface area contributed by atoms with Crippen molar-refractivity contribution in [3.8, 4) is 23.0 Å². The van der Waals surface area contributed by atoms with Crippen LogP contribution in [0, 0.1) is 5.92 Å². The molecule has 0 aromatic heterocycles. The normalized spacial score (nSPS) is 10.9. The molecule has 0 unspecified atom stereocenters. The minimum absolute atomic E-state index is 0. The molecule has 0 atom stereocenters. The fraction of sp³-hybridized carbons (Fsp3) is 0.458. The summed E-state index contributed by atoms with van der Waals surface area (Å²) in [5.41, 5.74) is 2.11. The van der Waals surface area contributed by atoms with Gasteiger partial charge in [0.05, 0.1) is 34.5 Å². The van der Waals surface area contributed by atoms with E-state index in [0.29, 0.717) is 36.3 Å². The van der Waals surface area contributed by atoms with Crippen LogP contribution in [0.15, 0.2) is 41.4 Å². The van der Waals surface area contributed by atoms with E-state index in [4.69, 9.17) is 18.9 Å². The highest BCUT2D eigenvalue weighted by Crippen LogP contribution is 2.38. The molecular weight excluding hydrogens is 521 g/mol. The van der Waals surface area contributed by atoms with Crippen molar-refractivity contribution < 1.29 is 18.9 Å². The number of benzene rings is 2. The fourth-order valence-corrected chi connectivity index (χ4v) is 2.89. The van der Waals surface area contributed by atoms with E-state index in [0.717, 1.165) is 36.0 Å². The van der Waals surface area contributed by atoms with Gasteiger partial charge >= 0.3 is 0 Å². The molecule has 8 heteroatoms. The number of nitrogens with one attached hydrogen (secondary N) is 2. The fourth-order valence-electron chi connectivity index (χ4n) is 2.89. The summed E-state index contributed by atoms with van der Waals surface area (Å²) in [5, 5.41) is 6.64. The Labute approximate surface area is 208 Å². The molecule has 2 rings (SSSR count). The molecule has 0 heterocycles. The van der Waals surface area contributed by atoms with Crippen molar-refractivity contribution >= 4 is 29.9 Å². The van der Waals surface area contributed by atoms with Crippen molar-refractivity contribution in [2.75, 3.05) is 34.5 Å². The van der Waals surface area contributed by atoms with Crippen LogP contribution in [0.25, 0.3) is 0 Å². The van der Waals surface area contributed by atoms with Crippen LogP contribution in [0.2, 0.25) is 0 Å². The predicted molar refractivity (Wildman–Crippen MR) is 140 cm³/mol. The molecule has 0 radical (unpaired) electrons. The van der Waals surface area contributed by atoms with Crippen molar-refractivity contribution in [3.05, 3.63) is 47.5 Å². The molecule has 2 aromatic carbocycles. The molecule has 0 aliphatic rings. The molecule has 0 saturated heterocycles. The molecule has 0 spiro atoms. The van der Waals surface area contributed by atoms with E-state index in [1.165, 1.54) is 0 Å². The van der Waals surface area contributed by atoms with Crippen molar-refractivity contribution in [1.82, 2.24) is 10.6 Å². The van der Waals surface area contributed by atoms with E-state index < -0.39 is 0 Å². The van der Waals surface area contributed by atoms with Crippen LogP contribution in [-0.2, 0) is 13.1 Å². The molecule has 0 bridgehead atoms. The van der Waals surface area contributed by atoms with Crippen LogP contribution >= 0.6 is 24.0 Å². The third-order valence-corrected chi connectivity index (χ3v) is 4.46. The van der Waals surface area contributed by atoms with E-state index in [2.05, 4.69) is 41.6 Å². The van der Waals surface area contributed by atoms with E-state index in [1.54, 1.807) is 21.3 Å². The summed E-state index contributed by atoms with van der Waals surface area (Å²) in [7, 11) is 4.80. The van der Waals surface area contributed by atoms with E-state index in [1.807, 2.05) is 31.2 Å². The van der Waals surface area contributed by atoms with Gasteiger partial charge in [-0.1, -0.05) is 26.0 Å². The van der Waals surface area contributed by atoms with E-state index in [-0.39, 0.29) is 24.0 Å². The third kappa shape index (κ3) is 8.64. The molecule has 32 heavy (non-hydrogen) atoms. The second-order valence-electron chi connectivity index (χ2n) is 7.43. The maximum absolute atomic E-state index is 5.74. The molecular formula is C24H36IN3O4. The molecule has 0 amide bonds. The third-order valence-electron chi connectivity index (χ3n) is 4.46. The van der Waals surface area contributed by atoms with Gasteiger partial charge in [0.15, 0.2) is 17.5 Å². The van der Waals surface area contributed by atoms with Crippen molar-refractivity contribution in [1.29, 1.82) is 0 Å². The number of rotatable bonds is 11. The van der Waals surface area contributed by atoms with Gasteiger partial charge in [0.25, 0.3) is 0 Å². The van der Waals surface area contributed by atoms with Crippen LogP contribution in [0.4, 0.5) is 0 Å². The first kappa shape index (κ1) is 27.7. The lowest BCUT2D eigenvalue weighted by Crippen LogP contribution is -2.36. The highest BCUT2D eigenvalue weighted by atomic mass is 127. The zero-order valence-corrected chi connectivity index (χ0v) is 22.2. The molecule has 0 fully saturated rings. The van der Waals surface area contributed by atoms with Crippen molar-refractivity contribution in [3.63, 3.8) is 0 Å². The minimum Gasteiger partial charge on any atom is -0.493 e. The quantitative estimate of drug-likeness (QED) is 0.239. The lowest BCUT2D eigenvalue weighted by atomic mass is 10.2. The summed E-state index contributed by atoms with van der Waals surface area (Å²) in [4.78, 5) is 4.69. The summed E-state index contributed by atoms with van der Waals surface area (Å²) >= 11 is 0. The molecule has 0 aliphatic carbocycles. The first-order valence-electron chi connectivity index (χ1n) is 10.5. The monoisotopic (exact) mass is 557 g/mol. The Hall–Kier alpha value is -2.36. The van der Waals surface area contributed by atoms with Crippen LogP contribution in [0.5, 0.6) is 23.0 Å². The van der Waals surface area contributed by atoms with E-state index in [9.17, 15) is 0 Å². The van der Waals surface area contributed by atoms with Gasteiger partial charge in [0.1, 0.15) is 5.75 Å². The SMILES string of the molecule is CCNC(=NCc1cc(OC)c(OC)c(OC)c1)NCc1ccc(OCC(C)C)cc1.I. The lowest BCUT2D eigenvalue weighted by Gasteiger charge is -2.14. The summed E-state index contributed by atoms with van der Waals surface area (Å²) in [5.74, 6) is 3.93. The molecule has 2 N–H and O–H groups in total. The lowest BCUT2D eigenvalue weighted by molar-refractivity contribution is 0.271. The Kier molecular flexibility index (Phi) is 12.7. The zero-order valence-electron chi connectivity index (χ0n) is 19.9. The summed E-state index contributed by atoms with van der Waals surface area (Å²) in [6.45, 7) is 8.92. The first-order chi connectivity index (χ1) is 15.0.